The maximum atomic E-state index is 14.1. The van der Waals surface area contributed by atoms with Crippen LogP contribution >= 0.6 is 15.9 Å². The van der Waals surface area contributed by atoms with E-state index in [1.807, 2.05) is 6.07 Å². The van der Waals surface area contributed by atoms with Gasteiger partial charge in [0.15, 0.2) is 5.82 Å². The standard InChI is InChI=1S/C13H11BrF4N2/c14-11-8(6-19)3-4-10(12(11)15)20-5-1-2-9(7-20)13(16,17)18/h3-4,9H,1-2,5,7H2. The second-order valence-corrected chi connectivity index (χ2v) is 5.49. The quantitative estimate of drug-likeness (QED) is 0.708. The molecule has 0 radical (unpaired) electrons. The molecule has 1 atom stereocenters. The summed E-state index contributed by atoms with van der Waals surface area (Å²) in [4.78, 5) is 1.39. The van der Waals surface area contributed by atoms with Gasteiger partial charge in [0, 0.05) is 13.1 Å². The molecule has 1 aromatic carbocycles. The predicted molar refractivity (Wildman–Crippen MR) is 69.8 cm³/mol. The number of benzene rings is 1. The second kappa shape index (κ2) is 5.60. The number of nitrogens with zero attached hydrogens (tertiary/aromatic N) is 2. The van der Waals surface area contributed by atoms with Gasteiger partial charge in [0.2, 0.25) is 0 Å². The van der Waals surface area contributed by atoms with Crippen molar-refractivity contribution >= 4 is 21.6 Å². The van der Waals surface area contributed by atoms with Crippen molar-refractivity contribution in [3.8, 4) is 6.07 Å². The average Bonchev–Trinajstić information content (AvgIpc) is 2.41. The zero-order valence-corrected chi connectivity index (χ0v) is 11.9. The molecule has 0 aromatic heterocycles. The molecule has 108 valence electrons. The molecule has 0 bridgehead atoms. The maximum absolute atomic E-state index is 14.1. The summed E-state index contributed by atoms with van der Waals surface area (Å²) in [5, 5.41) is 8.78. The Morgan fingerprint density at radius 2 is 2.05 bits per heavy atom. The zero-order valence-electron chi connectivity index (χ0n) is 10.3. The minimum Gasteiger partial charge on any atom is -0.369 e. The Morgan fingerprint density at radius 3 is 2.65 bits per heavy atom. The van der Waals surface area contributed by atoms with E-state index in [4.69, 9.17) is 5.26 Å². The van der Waals surface area contributed by atoms with Crippen molar-refractivity contribution in [2.24, 2.45) is 5.92 Å². The molecule has 1 heterocycles. The van der Waals surface area contributed by atoms with Gasteiger partial charge in [0.25, 0.3) is 0 Å². The Kier molecular flexibility index (Phi) is 4.23. The normalized spacial score (nSPS) is 19.8. The third-order valence-corrected chi connectivity index (χ3v) is 4.18. The number of piperidine rings is 1. The molecular weight excluding hydrogens is 340 g/mol. The Morgan fingerprint density at radius 1 is 1.35 bits per heavy atom. The van der Waals surface area contributed by atoms with Crippen molar-refractivity contribution in [3.63, 3.8) is 0 Å². The number of alkyl halides is 3. The van der Waals surface area contributed by atoms with Crippen molar-refractivity contribution in [3.05, 3.63) is 28.0 Å². The van der Waals surface area contributed by atoms with E-state index < -0.39 is 17.9 Å². The number of anilines is 1. The molecule has 2 nitrogen and oxygen atoms in total. The molecule has 0 saturated carbocycles. The van der Waals surface area contributed by atoms with Crippen molar-refractivity contribution in [2.75, 3.05) is 18.0 Å². The number of halogens is 5. The first-order valence-corrected chi connectivity index (χ1v) is 6.83. The zero-order chi connectivity index (χ0) is 14.9. The van der Waals surface area contributed by atoms with Gasteiger partial charge in [-0.15, -0.1) is 0 Å². The fraction of sp³-hybridized carbons (Fsp3) is 0.462. The highest BCUT2D eigenvalue weighted by atomic mass is 79.9. The van der Waals surface area contributed by atoms with Crippen molar-refractivity contribution in [1.29, 1.82) is 5.26 Å². The van der Waals surface area contributed by atoms with E-state index in [0.29, 0.717) is 13.0 Å². The largest absolute Gasteiger partial charge is 0.393 e. The van der Waals surface area contributed by atoms with E-state index in [-0.39, 0.29) is 28.7 Å². The van der Waals surface area contributed by atoms with E-state index in [2.05, 4.69) is 15.9 Å². The first-order chi connectivity index (χ1) is 9.34. The molecule has 20 heavy (non-hydrogen) atoms. The van der Waals surface area contributed by atoms with E-state index >= 15 is 0 Å². The lowest BCUT2D eigenvalue weighted by Crippen LogP contribution is -2.42. The summed E-state index contributed by atoms with van der Waals surface area (Å²) in [5.74, 6) is -2.13. The topological polar surface area (TPSA) is 27.0 Å². The molecule has 1 fully saturated rings. The van der Waals surface area contributed by atoms with Gasteiger partial charge in [-0.2, -0.15) is 18.4 Å². The average molecular weight is 351 g/mol. The molecule has 1 unspecified atom stereocenters. The van der Waals surface area contributed by atoms with E-state index in [9.17, 15) is 17.6 Å². The maximum Gasteiger partial charge on any atom is 0.393 e. The van der Waals surface area contributed by atoms with Crippen LogP contribution in [0.1, 0.15) is 18.4 Å². The fourth-order valence-electron chi connectivity index (χ4n) is 2.33. The molecule has 1 aliphatic heterocycles. The van der Waals surface area contributed by atoms with Crippen molar-refractivity contribution < 1.29 is 17.6 Å². The van der Waals surface area contributed by atoms with Crippen LogP contribution in [0.2, 0.25) is 0 Å². The predicted octanol–water partition coefficient (Wildman–Crippen LogP) is 4.24. The Labute approximate surface area is 122 Å². The highest BCUT2D eigenvalue weighted by Crippen LogP contribution is 2.37. The summed E-state index contributed by atoms with van der Waals surface area (Å²) >= 11 is 2.97. The Hall–Kier alpha value is -1.29. The van der Waals surface area contributed by atoms with Crippen LogP contribution in [0.3, 0.4) is 0 Å². The van der Waals surface area contributed by atoms with Crippen LogP contribution in [0, 0.1) is 23.1 Å². The highest BCUT2D eigenvalue weighted by Gasteiger charge is 2.42. The van der Waals surface area contributed by atoms with E-state index in [1.165, 1.54) is 17.0 Å². The molecule has 1 saturated heterocycles. The van der Waals surface area contributed by atoms with Gasteiger partial charge < -0.3 is 4.90 Å². The van der Waals surface area contributed by atoms with Gasteiger partial charge in [-0.1, -0.05) is 0 Å². The SMILES string of the molecule is N#Cc1ccc(N2CCCC(C(F)(F)F)C2)c(F)c1Br. The summed E-state index contributed by atoms with van der Waals surface area (Å²) < 4.78 is 52.4. The van der Waals surface area contributed by atoms with Gasteiger partial charge >= 0.3 is 6.18 Å². The van der Waals surface area contributed by atoms with E-state index in [0.717, 1.165) is 0 Å². The lowest BCUT2D eigenvalue weighted by Gasteiger charge is -2.35. The van der Waals surface area contributed by atoms with Crippen LogP contribution in [0.5, 0.6) is 0 Å². The molecule has 0 aliphatic carbocycles. The molecule has 7 heteroatoms. The number of hydrogen-bond donors (Lipinski definition) is 0. The smallest absolute Gasteiger partial charge is 0.369 e. The number of hydrogen-bond acceptors (Lipinski definition) is 2. The summed E-state index contributed by atoms with van der Waals surface area (Å²) in [7, 11) is 0. The highest BCUT2D eigenvalue weighted by molar-refractivity contribution is 9.10. The van der Waals surface area contributed by atoms with Gasteiger partial charge in [-0.05, 0) is 40.9 Å². The summed E-state index contributed by atoms with van der Waals surface area (Å²) in [6, 6.07) is 4.57. The van der Waals surface area contributed by atoms with Crippen LogP contribution in [-0.4, -0.2) is 19.3 Å². The molecule has 1 aromatic rings. The van der Waals surface area contributed by atoms with Crippen molar-refractivity contribution in [1.82, 2.24) is 0 Å². The monoisotopic (exact) mass is 350 g/mol. The first kappa shape index (κ1) is 15.1. The Balaban J connectivity index is 2.29. The van der Waals surface area contributed by atoms with E-state index in [1.54, 1.807) is 0 Å². The van der Waals surface area contributed by atoms with Gasteiger partial charge in [0.05, 0.1) is 21.6 Å². The Bertz CT molecular complexity index is 551. The third-order valence-electron chi connectivity index (χ3n) is 3.41. The molecule has 0 amide bonds. The van der Waals surface area contributed by atoms with Gasteiger partial charge in [-0.3, -0.25) is 0 Å². The molecule has 2 rings (SSSR count). The number of nitriles is 1. The number of rotatable bonds is 1. The van der Waals surface area contributed by atoms with Crippen LogP contribution in [0.4, 0.5) is 23.2 Å². The van der Waals surface area contributed by atoms with Crippen LogP contribution in [0.15, 0.2) is 16.6 Å². The summed E-state index contributed by atoms with van der Waals surface area (Å²) in [6.07, 6.45) is -3.83. The van der Waals surface area contributed by atoms with Gasteiger partial charge in [-0.25, -0.2) is 4.39 Å². The molecule has 1 aliphatic rings. The lowest BCUT2D eigenvalue weighted by molar-refractivity contribution is -0.176. The summed E-state index contributed by atoms with van der Waals surface area (Å²) in [5.41, 5.74) is 0.223. The van der Waals surface area contributed by atoms with Crippen LogP contribution in [0.25, 0.3) is 0 Å². The minimum absolute atomic E-state index is 0.00775. The van der Waals surface area contributed by atoms with Crippen LogP contribution < -0.4 is 4.90 Å². The molecular formula is C13H11BrF4N2. The first-order valence-electron chi connectivity index (χ1n) is 6.04. The molecule has 0 N–H and O–H groups in total. The van der Waals surface area contributed by atoms with Crippen molar-refractivity contribution in [2.45, 2.75) is 19.0 Å². The summed E-state index contributed by atoms with van der Waals surface area (Å²) in [6.45, 7) is 0.126. The van der Waals surface area contributed by atoms with Crippen LogP contribution in [-0.2, 0) is 0 Å². The van der Waals surface area contributed by atoms with Gasteiger partial charge in [0.1, 0.15) is 6.07 Å². The second-order valence-electron chi connectivity index (χ2n) is 4.70. The minimum atomic E-state index is -4.26. The lowest BCUT2D eigenvalue weighted by atomic mass is 9.97. The molecule has 0 spiro atoms. The third kappa shape index (κ3) is 2.90. The fourth-order valence-corrected chi connectivity index (χ4v) is 2.76.